The number of thioether (sulfide) groups is 1. The molecule has 0 fully saturated rings. The molecule has 0 unspecified atom stereocenters. The third-order valence-corrected chi connectivity index (χ3v) is 3.48. The van der Waals surface area contributed by atoms with Crippen LogP contribution in [0.5, 0.6) is 0 Å². The van der Waals surface area contributed by atoms with Gasteiger partial charge in [0.15, 0.2) is 0 Å². The molecule has 0 aliphatic rings. The van der Waals surface area contributed by atoms with Crippen LogP contribution in [-0.4, -0.2) is 27.8 Å². The molecule has 0 aliphatic heterocycles. The summed E-state index contributed by atoms with van der Waals surface area (Å²) in [5, 5.41) is 9.72. The number of carbonyl (C=O) groups is 2. The number of alkyl halides is 3. The molecule has 3 N–H and O–H groups in total. The number of halogens is 3. The van der Waals surface area contributed by atoms with E-state index in [-0.39, 0.29) is 29.0 Å². The summed E-state index contributed by atoms with van der Waals surface area (Å²) in [5.41, 5.74) is 3.90. The number of aromatic nitrogens is 2. The fourth-order valence-electron chi connectivity index (χ4n) is 1.60. The van der Waals surface area contributed by atoms with Gasteiger partial charge in [0.2, 0.25) is 11.8 Å². The Morgan fingerprint density at radius 3 is 2.71 bits per heavy atom. The van der Waals surface area contributed by atoms with Crippen molar-refractivity contribution in [1.82, 2.24) is 15.5 Å². The maximum Gasteiger partial charge on any atom is 0.416 e. The van der Waals surface area contributed by atoms with Gasteiger partial charge in [0, 0.05) is 5.56 Å². The standard InChI is InChI=1S/C13H11F3N4O3S/c14-13(15,16)8-3-1-2-7(4-8)11(22)18-5-10-19-20-12(23-10)24-6-9(17)21/h1-4H,5-6H2,(H2,17,21)(H,18,22). The van der Waals surface area contributed by atoms with Crippen LogP contribution in [0.4, 0.5) is 13.2 Å². The van der Waals surface area contributed by atoms with Gasteiger partial charge in [0.25, 0.3) is 11.1 Å². The Hall–Kier alpha value is -2.56. The summed E-state index contributed by atoms with van der Waals surface area (Å²) in [6, 6.07) is 4.02. The van der Waals surface area contributed by atoms with Crippen LogP contribution >= 0.6 is 11.8 Å². The summed E-state index contributed by atoms with van der Waals surface area (Å²) in [4.78, 5) is 22.5. The van der Waals surface area contributed by atoms with Crippen molar-refractivity contribution in [2.45, 2.75) is 17.9 Å². The van der Waals surface area contributed by atoms with Crippen LogP contribution in [0.25, 0.3) is 0 Å². The summed E-state index contributed by atoms with van der Waals surface area (Å²) in [7, 11) is 0. The van der Waals surface area contributed by atoms with Crippen LogP contribution in [0, 0.1) is 0 Å². The molecule has 0 aliphatic carbocycles. The number of benzene rings is 1. The minimum atomic E-state index is -4.53. The normalized spacial score (nSPS) is 11.3. The molecule has 2 rings (SSSR count). The Labute approximate surface area is 137 Å². The van der Waals surface area contributed by atoms with E-state index >= 15 is 0 Å². The molecule has 0 radical (unpaired) electrons. The molecule has 0 spiro atoms. The van der Waals surface area contributed by atoms with Crippen LogP contribution in [0.2, 0.25) is 0 Å². The molecule has 7 nitrogen and oxygen atoms in total. The molecule has 1 aromatic carbocycles. The quantitative estimate of drug-likeness (QED) is 0.757. The average molecular weight is 360 g/mol. The van der Waals surface area contributed by atoms with Gasteiger partial charge in [-0.2, -0.15) is 13.2 Å². The monoisotopic (exact) mass is 360 g/mol. The smallest absolute Gasteiger partial charge is 0.414 e. The van der Waals surface area contributed by atoms with E-state index in [2.05, 4.69) is 15.5 Å². The SMILES string of the molecule is NC(=O)CSc1nnc(CNC(=O)c2cccc(C(F)(F)F)c2)o1. The lowest BCUT2D eigenvalue weighted by Crippen LogP contribution is -2.23. The van der Waals surface area contributed by atoms with Crippen molar-refractivity contribution in [3.8, 4) is 0 Å². The topological polar surface area (TPSA) is 111 Å². The van der Waals surface area contributed by atoms with Crippen molar-refractivity contribution < 1.29 is 27.2 Å². The van der Waals surface area contributed by atoms with Crippen LogP contribution < -0.4 is 11.1 Å². The first kappa shape index (κ1) is 17.8. The van der Waals surface area contributed by atoms with E-state index in [0.29, 0.717) is 0 Å². The van der Waals surface area contributed by atoms with E-state index in [9.17, 15) is 22.8 Å². The lowest BCUT2D eigenvalue weighted by molar-refractivity contribution is -0.137. The number of hydrogen-bond acceptors (Lipinski definition) is 6. The zero-order chi connectivity index (χ0) is 17.7. The number of nitrogens with two attached hydrogens (primary N) is 1. The van der Waals surface area contributed by atoms with Crippen molar-refractivity contribution in [2.75, 3.05) is 5.75 Å². The highest BCUT2D eigenvalue weighted by molar-refractivity contribution is 7.99. The van der Waals surface area contributed by atoms with Crippen molar-refractivity contribution in [3.05, 3.63) is 41.3 Å². The van der Waals surface area contributed by atoms with Gasteiger partial charge < -0.3 is 15.5 Å². The maximum atomic E-state index is 12.6. The van der Waals surface area contributed by atoms with E-state index in [0.717, 1.165) is 30.0 Å². The second kappa shape index (κ2) is 7.34. The fraction of sp³-hybridized carbons (Fsp3) is 0.231. The molecule has 0 saturated heterocycles. The first-order chi connectivity index (χ1) is 11.3. The molecule has 0 bridgehead atoms. The molecule has 0 saturated carbocycles. The first-order valence-electron chi connectivity index (χ1n) is 6.44. The van der Waals surface area contributed by atoms with Gasteiger partial charge in [-0.3, -0.25) is 9.59 Å². The highest BCUT2D eigenvalue weighted by Crippen LogP contribution is 2.29. The van der Waals surface area contributed by atoms with Gasteiger partial charge in [0.1, 0.15) is 0 Å². The summed E-state index contributed by atoms with van der Waals surface area (Å²) >= 11 is 0.932. The van der Waals surface area contributed by atoms with E-state index in [1.54, 1.807) is 0 Å². The van der Waals surface area contributed by atoms with Gasteiger partial charge in [-0.25, -0.2) is 0 Å². The summed E-state index contributed by atoms with van der Waals surface area (Å²) in [6.07, 6.45) is -4.53. The minimum absolute atomic E-state index is 0.0434. The largest absolute Gasteiger partial charge is 0.416 e. The van der Waals surface area contributed by atoms with Crippen LogP contribution in [0.3, 0.4) is 0 Å². The van der Waals surface area contributed by atoms with Crippen LogP contribution in [0.1, 0.15) is 21.8 Å². The van der Waals surface area contributed by atoms with E-state index < -0.39 is 23.6 Å². The zero-order valence-corrected chi connectivity index (χ0v) is 12.8. The lowest BCUT2D eigenvalue weighted by Gasteiger charge is -2.08. The number of hydrogen-bond donors (Lipinski definition) is 2. The Balaban J connectivity index is 1.95. The molecule has 1 aromatic heterocycles. The van der Waals surface area contributed by atoms with Gasteiger partial charge >= 0.3 is 6.18 Å². The fourth-order valence-corrected chi connectivity index (χ4v) is 2.11. The number of nitrogens with zero attached hydrogens (tertiary/aromatic N) is 2. The predicted molar refractivity (Wildman–Crippen MR) is 76.8 cm³/mol. The van der Waals surface area contributed by atoms with Crippen molar-refractivity contribution >= 4 is 23.6 Å². The highest BCUT2D eigenvalue weighted by Gasteiger charge is 2.30. The van der Waals surface area contributed by atoms with Crippen molar-refractivity contribution in [1.29, 1.82) is 0 Å². The second-order valence-electron chi connectivity index (χ2n) is 4.48. The Bertz CT molecular complexity index is 748. The Morgan fingerprint density at radius 1 is 1.29 bits per heavy atom. The van der Waals surface area contributed by atoms with Crippen LogP contribution in [0.15, 0.2) is 33.9 Å². The molecule has 128 valence electrons. The van der Waals surface area contributed by atoms with E-state index in [1.807, 2.05) is 0 Å². The lowest BCUT2D eigenvalue weighted by atomic mass is 10.1. The average Bonchev–Trinajstić information content (AvgIpc) is 2.98. The van der Waals surface area contributed by atoms with E-state index in [1.165, 1.54) is 6.07 Å². The van der Waals surface area contributed by atoms with Crippen molar-refractivity contribution in [3.63, 3.8) is 0 Å². The molecular weight excluding hydrogens is 349 g/mol. The molecule has 24 heavy (non-hydrogen) atoms. The van der Waals surface area contributed by atoms with Crippen LogP contribution in [-0.2, 0) is 17.5 Å². The van der Waals surface area contributed by atoms with Gasteiger partial charge in [-0.1, -0.05) is 17.8 Å². The molecule has 2 aromatic rings. The molecule has 11 heteroatoms. The number of nitrogens with one attached hydrogen (secondary N) is 1. The number of carbonyl (C=O) groups excluding carboxylic acids is 2. The summed E-state index contributed by atoms with van der Waals surface area (Å²) in [6.45, 7) is -0.167. The molecule has 1 heterocycles. The molecule has 0 atom stereocenters. The third kappa shape index (κ3) is 4.98. The number of primary amides is 1. The maximum absolute atomic E-state index is 12.6. The molecule has 2 amide bonds. The Morgan fingerprint density at radius 2 is 2.04 bits per heavy atom. The van der Waals surface area contributed by atoms with E-state index in [4.69, 9.17) is 10.2 Å². The highest BCUT2D eigenvalue weighted by atomic mass is 32.2. The summed E-state index contributed by atoms with van der Waals surface area (Å²) in [5.74, 6) is -1.27. The summed E-state index contributed by atoms with van der Waals surface area (Å²) < 4.78 is 43.0. The molecular formula is C13H11F3N4O3S. The first-order valence-corrected chi connectivity index (χ1v) is 7.43. The van der Waals surface area contributed by atoms with Gasteiger partial charge in [-0.05, 0) is 18.2 Å². The second-order valence-corrected chi connectivity index (χ2v) is 5.40. The van der Waals surface area contributed by atoms with Gasteiger partial charge in [-0.15, -0.1) is 10.2 Å². The predicted octanol–water partition coefficient (Wildman–Crippen LogP) is 1.60. The Kier molecular flexibility index (Phi) is 5.44. The number of amides is 2. The number of rotatable bonds is 6. The third-order valence-electron chi connectivity index (χ3n) is 2.64. The van der Waals surface area contributed by atoms with Gasteiger partial charge in [0.05, 0.1) is 17.9 Å². The van der Waals surface area contributed by atoms with Crippen molar-refractivity contribution in [2.24, 2.45) is 5.73 Å². The minimum Gasteiger partial charge on any atom is -0.414 e. The zero-order valence-electron chi connectivity index (χ0n) is 12.0.